The molecule has 1 aromatic heterocycles. The van der Waals surface area contributed by atoms with Crippen molar-refractivity contribution in [2.24, 2.45) is 5.16 Å². The van der Waals surface area contributed by atoms with Crippen LogP contribution in [0.15, 0.2) is 61.0 Å². The Balaban J connectivity index is 2.07. The second-order valence-corrected chi connectivity index (χ2v) is 6.96. The zero-order valence-electron chi connectivity index (χ0n) is 12.5. The molecule has 0 atom stereocenters. The lowest BCUT2D eigenvalue weighted by Gasteiger charge is -2.07. The van der Waals surface area contributed by atoms with Crippen LogP contribution in [-0.4, -0.2) is 11.1 Å². The first kappa shape index (κ1) is 16.7. The average molecular weight is 452 g/mol. The third kappa shape index (κ3) is 3.37. The molecule has 3 rings (SSSR count). The summed E-state index contributed by atoms with van der Waals surface area (Å²) in [6.07, 6.45) is 0. The number of amides is 1. The molecule has 5 nitrogen and oxygen atoms in total. The molecule has 0 saturated heterocycles. The molecule has 1 amide bonds. The second kappa shape index (κ2) is 6.78. The first-order chi connectivity index (χ1) is 11.5. The summed E-state index contributed by atoms with van der Waals surface area (Å²) >= 11 is 6.78. The van der Waals surface area contributed by atoms with E-state index in [4.69, 9.17) is 4.42 Å². The molecule has 0 radical (unpaired) electrons. The molecule has 0 aliphatic heterocycles. The summed E-state index contributed by atoms with van der Waals surface area (Å²) in [5.74, 6) is -0.423. The smallest absolute Gasteiger partial charge is 0.268 e. The molecule has 2 aromatic carbocycles. The fourth-order valence-electron chi connectivity index (χ4n) is 2.24. The third-order valence-corrected chi connectivity index (χ3v) is 4.46. The Hall–Kier alpha value is -2.12. The molecule has 2 N–H and O–H groups in total. The van der Waals surface area contributed by atoms with Crippen molar-refractivity contribution in [3.05, 3.63) is 68.1 Å². The van der Waals surface area contributed by atoms with Crippen molar-refractivity contribution in [1.82, 2.24) is 0 Å². The maximum Gasteiger partial charge on any atom is 0.268 e. The van der Waals surface area contributed by atoms with Gasteiger partial charge in [0.25, 0.3) is 11.5 Å². The van der Waals surface area contributed by atoms with Crippen LogP contribution in [0.25, 0.3) is 11.0 Å². The molecule has 0 fully saturated rings. The zero-order chi connectivity index (χ0) is 17.3. The number of anilines is 1. The van der Waals surface area contributed by atoms with Gasteiger partial charge in [0.1, 0.15) is 5.56 Å². The molecule has 0 unspecified atom stereocenters. The highest BCUT2D eigenvalue weighted by molar-refractivity contribution is 9.11. The number of nitrogens with zero attached hydrogens (tertiary/aromatic N) is 1. The van der Waals surface area contributed by atoms with E-state index in [1.807, 2.05) is 25.1 Å². The summed E-state index contributed by atoms with van der Waals surface area (Å²) in [4.78, 5) is 12.5. The van der Waals surface area contributed by atoms with Crippen LogP contribution in [0.5, 0.6) is 0 Å². The topological polar surface area (TPSA) is 74.8 Å². The Morgan fingerprint density at radius 1 is 1.17 bits per heavy atom. The molecule has 0 aliphatic rings. The van der Waals surface area contributed by atoms with Gasteiger partial charge in [-0.1, -0.05) is 33.6 Å². The van der Waals surface area contributed by atoms with E-state index in [-0.39, 0.29) is 11.1 Å². The van der Waals surface area contributed by atoms with Gasteiger partial charge in [0.05, 0.1) is 4.47 Å². The van der Waals surface area contributed by atoms with Gasteiger partial charge >= 0.3 is 0 Å². The molecular weight excluding hydrogens is 440 g/mol. The number of fused-ring (bicyclic) bond motifs is 1. The van der Waals surface area contributed by atoms with Crippen molar-refractivity contribution in [3.8, 4) is 0 Å². The number of halogens is 2. The lowest BCUT2D eigenvalue weighted by molar-refractivity contribution is 0.102. The molecule has 0 saturated carbocycles. The summed E-state index contributed by atoms with van der Waals surface area (Å²) in [6.45, 7) is 1.96. The van der Waals surface area contributed by atoms with Gasteiger partial charge in [-0.2, -0.15) is 0 Å². The standard InChI is InChI=1S/C17H12Br2N2O3/c1-9-2-4-12(5-3-9)20-16(22)13-7-10-6-11(18)8-14(19)15(10)24-17(13)21-23/h2-8,23H,1H3,(H,20,22)/b21-17-. The maximum absolute atomic E-state index is 12.5. The van der Waals surface area contributed by atoms with Crippen molar-refractivity contribution in [1.29, 1.82) is 0 Å². The summed E-state index contributed by atoms with van der Waals surface area (Å²) in [6, 6.07) is 12.6. The van der Waals surface area contributed by atoms with E-state index >= 15 is 0 Å². The van der Waals surface area contributed by atoms with Crippen LogP contribution in [0, 0.1) is 6.92 Å². The third-order valence-electron chi connectivity index (χ3n) is 3.41. The molecule has 3 aromatic rings. The summed E-state index contributed by atoms with van der Waals surface area (Å²) in [5.41, 5.74) is 2.20. The Labute approximate surface area is 154 Å². The minimum absolute atomic E-state index is 0.135. The second-order valence-electron chi connectivity index (χ2n) is 5.19. The van der Waals surface area contributed by atoms with Crippen molar-refractivity contribution < 1.29 is 14.4 Å². The number of hydrogen-bond donors (Lipinski definition) is 2. The molecule has 122 valence electrons. The van der Waals surface area contributed by atoms with Crippen LogP contribution >= 0.6 is 31.9 Å². The van der Waals surface area contributed by atoms with E-state index in [1.54, 1.807) is 24.3 Å². The Morgan fingerprint density at radius 2 is 1.88 bits per heavy atom. The van der Waals surface area contributed by atoms with E-state index in [2.05, 4.69) is 42.3 Å². The van der Waals surface area contributed by atoms with Gasteiger partial charge in [-0.05, 0) is 58.3 Å². The number of benzene rings is 2. The van der Waals surface area contributed by atoms with Crippen LogP contribution < -0.4 is 10.9 Å². The van der Waals surface area contributed by atoms with Gasteiger partial charge < -0.3 is 14.9 Å². The van der Waals surface area contributed by atoms with Crippen molar-refractivity contribution in [2.45, 2.75) is 6.92 Å². The molecule has 24 heavy (non-hydrogen) atoms. The number of carbonyl (C=O) groups excluding carboxylic acids is 1. The van der Waals surface area contributed by atoms with E-state index < -0.39 is 5.91 Å². The fourth-order valence-corrected chi connectivity index (χ4v) is 3.58. The Kier molecular flexibility index (Phi) is 4.73. The minimum Gasteiger partial charge on any atom is -0.434 e. The van der Waals surface area contributed by atoms with E-state index in [0.29, 0.717) is 21.1 Å². The van der Waals surface area contributed by atoms with Crippen LogP contribution in [0.4, 0.5) is 5.69 Å². The highest BCUT2D eigenvalue weighted by Crippen LogP contribution is 2.28. The van der Waals surface area contributed by atoms with Gasteiger partial charge in [0, 0.05) is 15.5 Å². The van der Waals surface area contributed by atoms with Gasteiger partial charge in [-0.25, -0.2) is 0 Å². The predicted molar refractivity (Wildman–Crippen MR) is 98.1 cm³/mol. The maximum atomic E-state index is 12.5. The SMILES string of the molecule is Cc1ccc(NC(=O)c2cc3cc(Br)cc(Br)c3o/c2=N\O)cc1. The quantitative estimate of drug-likeness (QED) is 0.433. The first-order valence-corrected chi connectivity index (χ1v) is 8.55. The monoisotopic (exact) mass is 450 g/mol. The highest BCUT2D eigenvalue weighted by atomic mass is 79.9. The fraction of sp³-hybridized carbons (Fsp3) is 0.0588. The Morgan fingerprint density at radius 3 is 2.54 bits per heavy atom. The Bertz CT molecular complexity index is 995. The van der Waals surface area contributed by atoms with Crippen molar-refractivity contribution in [3.63, 3.8) is 0 Å². The van der Waals surface area contributed by atoms with Crippen molar-refractivity contribution in [2.75, 3.05) is 5.32 Å². The molecular formula is C17H12Br2N2O3. The molecule has 0 spiro atoms. The highest BCUT2D eigenvalue weighted by Gasteiger charge is 2.15. The van der Waals surface area contributed by atoms with Crippen LogP contribution in [0.1, 0.15) is 15.9 Å². The van der Waals surface area contributed by atoms with E-state index in [0.717, 1.165) is 10.0 Å². The summed E-state index contributed by atoms with van der Waals surface area (Å²) < 4.78 is 7.07. The molecule has 0 bridgehead atoms. The lowest BCUT2D eigenvalue weighted by atomic mass is 10.1. The van der Waals surface area contributed by atoms with Crippen LogP contribution in [0.3, 0.4) is 0 Å². The minimum atomic E-state index is -0.423. The van der Waals surface area contributed by atoms with Crippen LogP contribution in [0.2, 0.25) is 0 Å². The zero-order valence-corrected chi connectivity index (χ0v) is 15.7. The number of carbonyl (C=O) groups is 1. The molecule has 0 aliphatic carbocycles. The number of hydrogen-bond acceptors (Lipinski definition) is 4. The average Bonchev–Trinajstić information content (AvgIpc) is 2.55. The van der Waals surface area contributed by atoms with Gasteiger partial charge in [-0.3, -0.25) is 4.79 Å². The van der Waals surface area contributed by atoms with Gasteiger partial charge in [0.2, 0.25) is 0 Å². The number of rotatable bonds is 2. The molecule has 7 heteroatoms. The largest absolute Gasteiger partial charge is 0.434 e. The van der Waals surface area contributed by atoms with Crippen molar-refractivity contribution >= 4 is 54.4 Å². The number of aryl methyl sites for hydroxylation is 1. The number of nitrogens with one attached hydrogen (secondary N) is 1. The molecule has 1 heterocycles. The van der Waals surface area contributed by atoms with Crippen LogP contribution in [-0.2, 0) is 0 Å². The normalized spacial score (nSPS) is 11.7. The van der Waals surface area contributed by atoms with E-state index in [1.165, 1.54) is 0 Å². The van der Waals surface area contributed by atoms with Gasteiger partial charge in [-0.15, -0.1) is 0 Å². The first-order valence-electron chi connectivity index (χ1n) is 6.97. The predicted octanol–water partition coefficient (Wildman–Crippen LogP) is 4.81. The lowest BCUT2D eigenvalue weighted by Crippen LogP contribution is -2.21. The summed E-state index contributed by atoms with van der Waals surface area (Å²) in [7, 11) is 0. The van der Waals surface area contributed by atoms with Gasteiger partial charge in [0.15, 0.2) is 5.58 Å². The van der Waals surface area contributed by atoms with E-state index in [9.17, 15) is 10.0 Å². The summed E-state index contributed by atoms with van der Waals surface area (Å²) in [5, 5.41) is 15.8.